The Morgan fingerprint density at radius 3 is 0.651 bits per heavy atom. The van der Waals surface area contributed by atoms with Crippen LogP contribution < -0.4 is 0 Å². The zero-order chi connectivity index (χ0) is 80.2. The molecule has 0 saturated heterocycles. The van der Waals surface area contributed by atoms with Crippen molar-refractivity contribution in [1.82, 2.24) is 0 Å². The van der Waals surface area contributed by atoms with Crippen LogP contribution in [0.5, 0.6) is 0 Å². The maximum Gasteiger partial charge on any atom is 0.472 e. The summed E-state index contributed by atoms with van der Waals surface area (Å²) in [7, 11) is -9.93. The minimum Gasteiger partial charge on any atom is -0.462 e. The molecule has 7 atom stereocenters. The second-order valence-electron chi connectivity index (χ2n) is 33.8. The molecule has 0 heterocycles. The Morgan fingerprint density at radius 2 is 0.440 bits per heavy atom. The van der Waals surface area contributed by atoms with Gasteiger partial charge in [-0.3, -0.25) is 37.3 Å². The van der Waals surface area contributed by atoms with Gasteiger partial charge in [-0.25, -0.2) is 9.13 Å². The smallest absolute Gasteiger partial charge is 0.462 e. The first-order valence-corrected chi connectivity index (χ1v) is 49.3. The third-order valence-electron chi connectivity index (χ3n) is 21.8. The number of aliphatic hydroxyl groups excluding tert-OH is 1. The number of rotatable bonds is 87. The van der Waals surface area contributed by atoms with Crippen molar-refractivity contribution in [3.8, 4) is 0 Å². The molecular formula is C90H176O17P2. The number of phosphoric ester groups is 2. The van der Waals surface area contributed by atoms with Gasteiger partial charge in [0.25, 0.3) is 0 Å². The van der Waals surface area contributed by atoms with Crippen LogP contribution in [-0.2, 0) is 65.4 Å². The highest BCUT2D eigenvalue weighted by Crippen LogP contribution is 2.45. The van der Waals surface area contributed by atoms with Crippen LogP contribution >= 0.6 is 15.6 Å². The van der Waals surface area contributed by atoms with Gasteiger partial charge in [-0.05, 0) is 49.4 Å². The Labute approximate surface area is 670 Å². The SMILES string of the molecule is CCC(C)CCCCCCCCCCCCCCCCCCCCC(=O)OC[C@H](COP(=O)(O)OC[C@@H](O)COP(=O)(O)OC[C@@H](COC(=O)CCCCCCCCC(C)CC)OC(=O)CCCCCCCCCCCCCCCC(C)C)OC(=O)CCCCCCCCCCCCCCCCCCCCC(C)C. The monoisotopic (exact) mass is 1590 g/mol. The molecule has 648 valence electrons. The summed E-state index contributed by atoms with van der Waals surface area (Å²) < 4.78 is 69.0. The number of ether oxygens (including phenoxy) is 4. The van der Waals surface area contributed by atoms with Gasteiger partial charge < -0.3 is 33.8 Å². The third-order valence-corrected chi connectivity index (χ3v) is 23.7. The van der Waals surface area contributed by atoms with E-state index < -0.39 is 97.5 Å². The molecule has 0 aromatic heterocycles. The molecule has 4 unspecified atom stereocenters. The molecule has 19 heteroatoms. The number of esters is 4. The van der Waals surface area contributed by atoms with E-state index in [0.717, 1.165) is 120 Å². The molecule has 0 aliphatic carbocycles. The van der Waals surface area contributed by atoms with E-state index in [0.29, 0.717) is 25.7 Å². The Hall–Kier alpha value is -1.94. The molecule has 17 nitrogen and oxygen atoms in total. The highest BCUT2D eigenvalue weighted by molar-refractivity contribution is 7.47. The predicted molar refractivity (Wildman–Crippen MR) is 451 cm³/mol. The summed E-state index contributed by atoms with van der Waals surface area (Å²) in [4.78, 5) is 73.3. The Bertz CT molecular complexity index is 2110. The van der Waals surface area contributed by atoms with E-state index >= 15 is 0 Å². The van der Waals surface area contributed by atoms with Gasteiger partial charge in [-0.2, -0.15) is 0 Å². The minimum absolute atomic E-state index is 0.106. The molecule has 109 heavy (non-hydrogen) atoms. The van der Waals surface area contributed by atoms with Gasteiger partial charge in [0, 0.05) is 25.7 Å². The lowest BCUT2D eigenvalue weighted by atomic mass is 9.99. The number of hydrogen-bond donors (Lipinski definition) is 3. The lowest BCUT2D eigenvalue weighted by molar-refractivity contribution is -0.161. The molecule has 3 N–H and O–H groups in total. The number of unbranched alkanes of at least 4 members (excludes halogenated alkanes) is 51. The average Bonchev–Trinajstić information content (AvgIpc) is 0.898. The van der Waals surface area contributed by atoms with Crippen molar-refractivity contribution in [2.24, 2.45) is 23.7 Å². The van der Waals surface area contributed by atoms with Gasteiger partial charge >= 0.3 is 39.5 Å². The molecule has 0 aromatic rings. The number of carbonyl (C=O) groups excluding carboxylic acids is 4. The predicted octanol–water partition coefficient (Wildman–Crippen LogP) is 27.5. The summed E-state index contributed by atoms with van der Waals surface area (Å²) in [6, 6.07) is 0. The number of hydrogen-bond acceptors (Lipinski definition) is 15. The highest BCUT2D eigenvalue weighted by Gasteiger charge is 2.31. The fraction of sp³-hybridized carbons (Fsp3) is 0.956. The molecule has 0 aliphatic rings. The quantitative estimate of drug-likeness (QED) is 0.0222. The second kappa shape index (κ2) is 78.6. The molecule has 0 fully saturated rings. The van der Waals surface area contributed by atoms with E-state index in [-0.39, 0.29) is 25.7 Å². The van der Waals surface area contributed by atoms with Crippen LogP contribution in [0.25, 0.3) is 0 Å². The molecule has 0 bridgehead atoms. The second-order valence-corrected chi connectivity index (χ2v) is 36.7. The summed E-state index contributed by atoms with van der Waals surface area (Å²) >= 11 is 0. The molecular weight excluding hydrogens is 1410 g/mol. The highest BCUT2D eigenvalue weighted by atomic mass is 31.2. The van der Waals surface area contributed by atoms with Gasteiger partial charge in [0.1, 0.15) is 19.3 Å². The lowest BCUT2D eigenvalue weighted by Gasteiger charge is -2.21. The molecule has 0 aromatic carbocycles. The summed E-state index contributed by atoms with van der Waals surface area (Å²) in [5.41, 5.74) is 0. The van der Waals surface area contributed by atoms with Gasteiger partial charge in [-0.1, -0.05) is 421 Å². The first-order valence-electron chi connectivity index (χ1n) is 46.3. The van der Waals surface area contributed by atoms with Crippen molar-refractivity contribution in [3.63, 3.8) is 0 Å². The number of aliphatic hydroxyl groups is 1. The van der Waals surface area contributed by atoms with Crippen LogP contribution in [0.3, 0.4) is 0 Å². The van der Waals surface area contributed by atoms with Crippen LogP contribution in [-0.4, -0.2) is 96.7 Å². The lowest BCUT2D eigenvalue weighted by Crippen LogP contribution is -2.30. The molecule has 0 rings (SSSR count). The summed E-state index contributed by atoms with van der Waals surface area (Å²) in [5.74, 6) is 1.11. The zero-order valence-corrected chi connectivity index (χ0v) is 74.0. The first kappa shape index (κ1) is 107. The fourth-order valence-corrected chi connectivity index (χ4v) is 15.5. The van der Waals surface area contributed by atoms with Crippen LogP contribution in [0.1, 0.15) is 473 Å². The summed E-state index contributed by atoms with van der Waals surface area (Å²) in [6.07, 6.45) is 69.5. The van der Waals surface area contributed by atoms with Crippen molar-refractivity contribution in [3.05, 3.63) is 0 Å². The molecule has 0 aliphatic heterocycles. The van der Waals surface area contributed by atoms with Gasteiger partial charge in [0.05, 0.1) is 26.4 Å². The van der Waals surface area contributed by atoms with Gasteiger partial charge in [0.15, 0.2) is 12.2 Å². The van der Waals surface area contributed by atoms with E-state index in [9.17, 15) is 43.2 Å². The Morgan fingerprint density at radius 1 is 0.257 bits per heavy atom. The first-order chi connectivity index (χ1) is 52.7. The summed E-state index contributed by atoms with van der Waals surface area (Å²) in [5, 5.41) is 10.7. The Balaban J connectivity index is 5.22. The number of carbonyl (C=O) groups is 4. The molecule has 0 amide bonds. The average molecular weight is 1590 g/mol. The normalized spacial score (nSPS) is 14.4. The van der Waals surface area contributed by atoms with E-state index in [4.69, 9.17) is 37.0 Å². The largest absolute Gasteiger partial charge is 0.472 e. The van der Waals surface area contributed by atoms with Crippen molar-refractivity contribution in [2.45, 2.75) is 491 Å². The van der Waals surface area contributed by atoms with Crippen molar-refractivity contribution >= 4 is 39.5 Å². The van der Waals surface area contributed by atoms with Gasteiger partial charge in [-0.15, -0.1) is 0 Å². The molecule has 0 spiro atoms. The molecule has 0 saturated carbocycles. The maximum absolute atomic E-state index is 13.2. The maximum atomic E-state index is 13.2. The number of phosphoric acid groups is 2. The summed E-state index contributed by atoms with van der Waals surface area (Å²) in [6.45, 7) is 14.4. The minimum atomic E-state index is -4.97. The standard InChI is InChI=1S/C90H176O17P2/c1-9-82(7)68-60-52-44-38-32-26-20-16-12-14-17-21-27-33-39-45-54-62-70-87(92)100-76-85(106-89(94)72-64-56-46-40-34-28-22-18-13-11-15-19-24-30-36-42-50-58-66-80(3)4)78-104-108(96,97)102-74-84(91)75-103-109(98,99)105-79-86(77-101-88(93)71-63-55-49-48-53-61-69-83(8)10-2)107-90(95)73-65-57-47-41-35-29-23-25-31-37-43-51-59-67-81(5)6/h80-86,91H,9-79H2,1-8H3,(H,96,97)(H,98,99)/t82?,83?,84-,85-,86-/m1/s1. The van der Waals surface area contributed by atoms with Crippen LogP contribution in [0.15, 0.2) is 0 Å². The van der Waals surface area contributed by atoms with Crippen LogP contribution in [0.2, 0.25) is 0 Å². The van der Waals surface area contributed by atoms with E-state index in [2.05, 4.69) is 55.4 Å². The van der Waals surface area contributed by atoms with Crippen molar-refractivity contribution in [1.29, 1.82) is 0 Å². The topological polar surface area (TPSA) is 237 Å². The Kier molecular flexibility index (Phi) is 77.2. The van der Waals surface area contributed by atoms with Crippen LogP contribution in [0.4, 0.5) is 0 Å². The van der Waals surface area contributed by atoms with Crippen LogP contribution in [0, 0.1) is 23.7 Å². The fourth-order valence-electron chi connectivity index (χ4n) is 14.0. The van der Waals surface area contributed by atoms with E-state index in [1.54, 1.807) is 0 Å². The molecule has 0 radical (unpaired) electrons. The zero-order valence-electron chi connectivity index (χ0n) is 72.2. The van der Waals surface area contributed by atoms with Gasteiger partial charge in [0.2, 0.25) is 0 Å². The van der Waals surface area contributed by atoms with E-state index in [1.807, 2.05) is 0 Å². The van der Waals surface area contributed by atoms with Crippen molar-refractivity contribution in [2.75, 3.05) is 39.6 Å². The third kappa shape index (κ3) is 81.0. The van der Waals surface area contributed by atoms with E-state index in [1.165, 1.54) is 270 Å². The van der Waals surface area contributed by atoms with Crippen molar-refractivity contribution < 1.29 is 80.2 Å².